The van der Waals surface area contributed by atoms with E-state index in [2.05, 4.69) is 16.9 Å². The van der Waals surface area contributed by atoms with Crippen LogP contribution in [0.4, 0.5) is 0 Å². The highest BCUT2D eigenvalue weighted by molar-refractivity contribution is 7.98. The zero-order valence-electron chi connectivity index (χ0n) is 11.4. The summed E-state index contributed by atoms with van der Waals surface area (Å²) >= 11 is 1.62. The second-order valence-electron chi connectivity index (χ2n) is 4.51. The highest BCUT2D eigenvalue weighted by Crippen LogP contribution is 2.30. The average molecular weight is 304 g/mol. The number of hydrogen-bond acceptors (Lipinski definition) is 8. The summed E-state index contributed by atoms with van der Waals surface area (Å²) < 4.78 is 11.1. The van der Waals surface area contributed by atoms with Crippen LogP contribution in [0.15, 0.2) is 23.0 Å². The Morgan fingerprint density at radius 1 is 1.45 bits per heavy atom. The monoisotopic (exact) mass is 304 g/mol. The highest BCUT2D eigenvalue weighted by Gasteiger charge is 2.43. The molecule has 0 amide bonds. The molecule has 1 rings (SSSR count). The molecule has 0 radical (unpaired) electrons. The third-order valence-corrected chi connectivity index (χ3v) is 3.91. The average Bonchev–Trinajstić information content (AvgIpc) is 2.62. The first-order valence-corrected chi connectivity index (χ1v) is 7.73. The number of hydrogen-bond donors (Lipinski definition) is 1. The predicted molar refractivity (Wildman–Crippen MR) is 77.5 cm³/mol. The maximum Gasteiger partial charge on any atom is 0.166 e. The maximum absolute atomic E-state index is 11.1. The van der Waals surface area contributed by atoms with Crippen LogP contribution in [-0.2, 0) is 9.47 Å². The predicted octanol–water partition coefficient (Wildman–Crippen LogP) is 1.40. The summed E-state index contributed by atoms with van der Waals surface area (Å²) in [5, 5.41) is 15.2. The summed E-state index contributed by atoms with van der Waals surface area (Å²) in [4.78, 5) is 22.1. The number of ether oxygens (including phenoxy) is 2. The van der Waals surface area contributed by atoms with Gasteiger partial charge in [0.1, 0.15) is 12.1 Å². The summed E-state index contributed by atoms with van der Waals surface area (Å²) in [7, 11) is 0. The molecule has 1 fully saturated rings. The van der Waals surface area contributed by atoms with Gasteiger partial charge in [-0.2, -0.15) is 21.6 Å². The van der Waals surface area contributed by atoms with Crippen LogP contribution in [0, 0.1) is 21.6 Å². The molecule has 4 unspecified atom stereocenters. The third kappa shape index (κ3) is 4.08. The second kappa shape index (κ2) is 9.17. The van der Waals surface area contributed by atoms with Crippen LogP contribution < -0.4 is 0 Å². The van der Waals surface area contributed by atoms with Gasteiger partial charge in [0.2, 0.25) is 0 Å². The summed E-state index contributed by atoms with van der Waals surface area (Å²) in [5.41, 5.74) is 0. The molecule has 0 aromatic rings. The Labute approximate surface area is 122 Å². The maximum atomic E-state index is 11.1. The number of nitrogens with zero attached hydrogens (tertiary/aromatic N) is 2. The Balaban J connectivity index is 2.90. The van der Waals surface area contributed by atoms with Crippen molar-refractivity contribution < 1.29 is 14.6 Å². The zero-order chi connectivity index (χ0) is 15.0. The Hall–Kier alpha value is -0.830. The van der Waals surface area contributed by atoms with Gasteiger partial charge in [0, 0.05) is 11.7 Å². The van der Waals surface area contributed by atoms with Crippen LogP contribution in [0.3, 0.4) is 0 Å². The fourth-order valence-electron chi connectivity index (χ4n) is 2.19. The molecule has 1 saturated heterocycles. The molecule has 0 aromatic heterocycles. The molecular formula is C12H20N2O5S. The van der Waals surface area contributed by atoms with Gasteiger partial charge in [-0.25, -0.2) is 0 Å². The molecule has 1 N–H and O–H groups in total. The van der Waals surface area contributed by atoms with E-state index in [4.69, 9.17) is 9.47 Å². The Morgan fingerprint density at radius 2 is 2.15 bits per heavy atom. The molecule has 114 valence electrons. The van der Waals surface area contributed by atoms with E-state index >= 15 is 0 Å². The van der Waals surface area contributed by atoms with Gasteiger partial charge in [-0.1, -0.05) is 16.4 Å². The van der Waals surface area contributed by atoms with Gasteiger partial charge in [0.05, 0.1) is 25.7 Å². The zero-order valence-corrected chi connectivity index (χ0v) is 12.2. The second-order valence-corrected chi connectivity index (χ2v) is 5.50. The molecule has 20 heavy (non-hydrogen) atoms. The molecule has 1 aliphatic heterocycles. The Morgan fingerprint density at radius 3 is 2.65 bits per heavy atom. The molecule has 1 aliphatic rings. The first-order valence-electron chi connectivity index (χ1n) is 6.33. The van der Waals surface area contributed by atoms with Gasteiger partial charge in [-0.3, -0.25) is 0 Å². The molecule has 0 saturated carbocycles. The minimum atomic E-state index is -0.941. The number of aliphatic hydroxyl groups is 1. The molecule has 1 heterocycles. The van der Waals surface area contributed by atoms with Crippen molar-refractivity contribution in [3.63, 3.8) is 0 Å². The molecule has 8 heteroatoms. The smallest absolute Gasteiger partial charge is 0.166 e. The normalized spacial score (nSPS) is 34.2. The largest absolute Gasteiger partial charge is 0.396 e. The van der Waals surface area contributed by atoms with Crippen LogP contribution in [-0.4, -0.2) is 55.3 Å². The quantitative estimate of drug-likeness (QED) is 0.413. The molecule has 0 aliphatic carbocycles. The molecule has 7 nitrogen and oxygen atoms in total. The molecule has 5 atom stereocenters. The van der Waals surface area contributed by atoms with Gasteiger partial charge in [-0.15, -0.1) is 6.58 Å². The standard InChI is InChI=1S/C12H20N2O5S/c1-3-9-11(14-17)10(13-16)8(6-15)7-19-12(9)18-4-5-20-2/h3,8-12,15H,1,4-7H2,2H3/t8?,9?,10?,11?,12-/m1/s1. The van der Waals surface area contributed by atoms with Crippen LogP contribution >= 0.6 is 11.8 Å². The minimum absolute atomic E-state index is 0.0905. The van der Waals surface area contributed by atoms with E-state index in [0.29, 0.717) is 6.61 Å². The summed E-state index contributed by atoms with van der Waals surface area (Å²) in [6.07, 6.45) is 2.74. The Kier molecular flexibility index (Phi) is 7.90. The fourth-order valence-corrected chi connectivity index (χ4v) is 2.46. The topological polar surface area (TPSA) is 97.6 Å². The van der Waals surface area contributed by atoms with E-state index in [0.717, 1.165) is 5.75 Å². The van der Waals surface area contributed by atoms with Crippen molar-refractivity contribution in [1.29, 1.82) is 0 Å². The lowest BCUT2D eigenvalue weighted by Crippen LogP contribution is -2.39. The molecular weight excluding hydrogens is 284 g/mol. The number of aliphatic hydroxyl groups excluding tert-OH is 1. The summed E-state index contributed by atoms with van der Waals surface area (Å²) in [6, 6.07) is -1.88. The first-order chi connectivity index (χ1) is 9.73. The van der Waals surface area contributed by atoms with Crippen molar-refractivity contribution in [2.24, 2.45) is 22.2 Å². The number of rotatable bonds is 8. The van der Waals surface area contributed by atoms with Crippen molar-refractivity contribution in [3.05, 3.63) is 22.5 Å². The van der Waals surface area contributed by atoms with Gasteiger partial charge >= 0.3 is 0 Å². The van der Waals surface area contributed by atoms with E-state index in [1.54, 1.807) is 11.8 Å². The van der Waals surface area contributed by atoms with Gasteiger partial charge in [-0.05, 0) is 6.26 Å². The van der Waals surface area contributed by atoms with E-state index in [1.807, 2.05) is 6.26 Å². The molecule has 0 spiro atoms. The number of thioether (sulfide) groups is 1. The third-order valence-electron chi connectivity index (χ3n) is 3.34. The van der Waals surface area contributed by atoms with Crippen molar-refractivity contribution in [1.82, 2.24) is 0 Å². The van der Waals surface area contributed by atoms with E-state index in [9.17, 15) is 14.9 Å². The highest BCUT2D eigenvalue weighted by atomic mass is 32.2. The van der Waals surface area contributed by atoms with Gasteiger partial charge < -0.3 is 14.6 Å². The van der Waals surface area contributed by atoms with Crippen LogP contribution in [0.2, 0.25) is 0 Å². The lowest BCUT2D eigenvalue weighted by molar-refractivity contribution is -0.160. The van der Waals surface area contributed by atoms with E-state index in [1.165, 1.54) is 6.08 Å². The van der Waals surface area contributed by atoms with Crippen molar-refractivity contribution in [3.8, 4) is 0 Å². The summed E-state index contributed by atoms with van der Waals surface area (Å²) in [5.74, 6) is -0.345. The van der Waals surface area contributed by atoms with Gasteiger partial charge in [0.15, 0.2) is 6.29 Å². The SMILES string of the molecule is C=CC1C(N=O)C(N=O)C(CO)CO[C@H]1OCCSC. The van der Waals surface area contributed by atoms with Crippen molar-refractivity contribution in [2.45, 2.75) is 18.4 Å². The van der Waals surface area contributed by atoms with Crippen LogP contribution in [0.5, 0.6) is 0 Å². The molecule has 0 aromatic carbocycles. The summed E-state index contributed by atoms with van der Waals surface area (Å²) in [6.45, 7) is 3.89. The van der Waals surface area contributed by atoms with Crippen molar-refractivity contribution >= 4 is 11.8 Å². The number of nitroso groups, excluding NO2 is 2. The molecule has 0 bridgehead atoms. The lowest BCUT2D eigenvalue weighted by atomic mass is 9.88. The van der Waals surface area contributed by atoms with Crippen molar-refractivity contribution in [2.75, 3.05) is 31.8 Å². The van der Waals surface area contributed by atoms with Gasteiger partial charge in [0.25, 0.3) is 0 Å². The Bertz CT molecular complexity index is 331. The van der Waals surface area contributed by atoms with Crippen LogP contribution in [0.1, 0.15) is 0 Å². The van der Waals surface area contributed by atoms with E-state index < -0.39 is 30.2 Å². The lowest BCUT2D eigenvalue weighted by Gasteiger charge is -2.25. The first kappa shape index (κ1) is 17.2. The minimum Gasteiger partial charge on any atom is -0.396 e. The fraction of sp³-hybridized carbons (Fsp3) is 0.833. The van der Waals surface area contributed by atoms with Crippen LogP contribution in [0.25, 0.3) is 0 Å². The van der Waals surface area contributed by atoms with E-state index in [-0.39, 0.29) is 13.2 Å².